The Morgan fingerprint density at radius 2 is 1.74 bits per heavy atom. The maximum atomic E-state index is 5.98. The molecule has 0 bridgehead atoms. The van der Waals surface area contributed by atoms with Crippen LogP contribution in [-0.2, 0) is 13.2 Å². The highest BCUT2D eigenvalue weighted by molar-refractivity contribution is 9.10. The van der Waals surface area contributed by atoms with Crippen LogP contribution < -0.4 is 10.1 Å². The summed E-state index contributed by atoms with van der Waals surface area (Å²) >= 11 is 3.59. The van der Waals surface area contributed by atoms with E-state index >= 15 is 0 Å². The molecule has 1 aliphatic rings. The Bertz CT molecular complexity index is 608. The fourth-order valence-electron chi connectivity index (χ4n) is 3.07. The predicted octanol–water partition coefficient (Wildman–Crippen LogP) is 5.45. The SMILES string of the molecule is Brc1ccc(CNC2CCCCC2)cc1OCc1ccccc1. The largest absolute Gasteiger partial charge is 0.488 e. The maximum Gasteiger partial charge on any atom is 0.134 e. The van der Waals surface area contributed by atoms with Crippen LogP contribution in [0.15, 0.2) is 53.0 Å². The lowest BCUT2D eigenvalue weighted by atomic mass is 9.95. The van der Waals surface area contributed by atoms with E-state index in [2.05, 4.69) is 51.6 Å². The average Bonchev–Trinajstić information content (AvgIpc) is 2.62. The monoisotopic (exact) mass is 373 g/mol. The first-order valence-corrected chi connectivity index (χ1v) is 9.29. The molecule has 0 spiro atoms. The topological polar surface area (TPSA) is 21.3 Å². The molecule has 0 saturated heterocycles. The Hall–Kier alpha value is -1.32. The highest BCUT2D eigenvalue weighted by Crippen LogP contribution is 2.27. The van der Waals surface area contributed by atoms with Gasteiger partial charge in [0.2, 0.25) is 0 Å². The standard InChI is InChI=1S/C20H24BrNO/c21-19-12-11-17(14-22-18-9-5-2-6-10-18)13-20(19)23-15-16-7-3-1-4-8-16/h1,3-4,7-8,11-13,18,22H,2,5-6,9-10,14-15H2. The van der Waals surface area contributed by atoms with E-state index in [0.717, 1.165) is 16.8 Å². The van der Waals surface area contributed by atoms with E-state index in [-0.39, 0.29) is 0 Å². The Morgan fingerprint density at radius 3 is 2.52 bits per heavy atom. The quantitative estimate of drug-likeness (QED) is 0.726. The molecule has 0 heterocycles. The van der Waals surface area contributed by atoms with Gasteiger partial charge in [-0.15, -0.1) is 0 Å². The van der Waals surface area contributed by atoms with Crippen molar-refractivity contribution >= 4 is 15.9 Å². The van der Waals surface area contributed by atoms with Crippen molar-refractivity contribution in [1.82, 2.24) is 5.32 Å². The lowest BCUT2D eigenvalue weighted by Gasteiger charge is -2.23. The summed E-state index contributed by atoms with van der Waals surface area (Å²) in [5, 5.41) is 3.69. The lowest BCUT2D eigenvalue weighted by molar-refractivity contribution is 0.303. The normalized spacial score (nSPS) is 15.5. The molecule has 3 heteroatoms. The van der Waals surface area contributed by atoms with Crippen LogP contribution in [0.3, 0.4) is 0 Å². The number of rotatable bonds is 6. The molecule has 1 fully saturated rings. The first-order valence-electron chi connectivity index (χ1n) is 8.50. The van der Waals surface area contributed by atoms with Gasteiger partial charge in [0.15, 0.2) is 0 Å². The Morgan fingerprint density at radius 1 is 0.957 bits per heavy atom. The van der Waals surface area contributed by atoms with E-state index in [1.807, 2.05) is 18.2 Å². The summed E-state index contributed by atoms with van der Waals surface area (Å²) < 4.78 is 6.99. The van der Waals surface area contributed by atoms with E-state index in [4.69, 9.17) is 4.74 Å². The van der Waals surface area contributed by atoms with E-state index in [9.17, 15) is 0 Å². The van der Waals surface area contributed by atoms with Crippen molar-refractivity contribution in [2.45, 2.75) is 51.3 Å². The molecule has 1 saturated carbocycles. The van der Waals surface area contributed by atoms with Crippen LogP contribution in [0, 0.1) is 0 Å². The van der Waals surface area contributed by atoms with Gasteiger partial charge in [0.25, 0.3) is 0 Å². The second-order valence-electron chi connectivity index (χ2n) is 6.25. The van der Waals surface area contributed by atoms with Gasteiger partial charge in [-0.05, 0) is 52.0 Å². The zero-order valence-electron chi connectivity index (χ0n) is 13.4. The summed E-state index contributed by atoms with van der Waals surface area (Å²) in [5.74, 6) is 0.914. The summed E-state index contributed by atoms with van der Waals surface area (Å²) in [7, 11) is 0. The number of hydrogen-bond acceptors (Lipinski definition) is 2. The highest BCUT2D eigenvalue weighted by atomic mass is 79.9. The van der Waals surface area contributed by atoms with Crippen LogP contribution >= 0.6 is 15.9 Å². The Balaban J connectivity index is 1.57. The molecule has 2 aromatic rings. The zero-order chi connectivity index (χ0) is 15.9. The third-order valence-electron chi connectivity index (χ3n) is 4.43. The van der Waals surface area contributed by atoms with E-state index in [1.165, 1.54) is 43.2 Å². The minimum Gasteiger partial charge on any atom is -0.488 e. The van der Waals surface area contributed by atoms with E-state index < -0.39 is 0 Å². The summed E-state index contributed by atoms with van der Waals surface area (Å²) in [6, 6.07) is 17.3. The van der Waals surface area contributed by atoms with Gasteiger partial charge < -0.3 is 10.1 Å². The molecule has 0 aromatic heterocycles. The molecule has 0 radical (unpaired) electrons. The highest BCUT2D eigenvalue weighted by Gasteiger charge is 2.12. The van der Waals surface area contributed by atoms with Crippen molar-refractivity contribution < 1.29 is 4.74 Å². The van der Waals surface area contributed by atoms with Crippen LogP contribution in [0.1, 0.15) is 43.2 Å². The number of nitrogens with one attached hydrogen (secondary N) is 1. The van der Waals surface area contributed by atoms with Crippen molar-refractivity contribution in [3.8, 4) is 5.75 Å². The molecule has 0 unspecified atom stereocenters. The second kappa shape index (κ2) is 8.51. The van der Waals surface area contributed by atoms with E-state index in [1.54, 1.807) is 0 Å². The molecular formula is C20H24BrNO. The van der Waals surface area contributed by atoms with Crippen molar-refractivity contribution in [3.05, 3.63) is 64.1 Å². The molecular weight excluding hydrogens is 350 g/mol. The van der Waals surface area contributed by atoms with E-state index in [0.29, 0.717) is 12.6 Å². The molecule has 0 atom stereocenters. The molecule has 0 aliphatic heterocycles. The molecule has 2 nitrogen and oxygen atoms in total. The second-order valence-corrected chi connectivity index (χ2v) is 7.11. The van der Waals surface area contributed by atoms with Crippen molar-refractivity contribution in [1.29, 1.82) is 0 Å². The van der Waals surface area contributed by atoms with Crippen LogP contribution in [-0.4, -0.2) is 6.04 Å². The van der Waals surface area contributed by atoms with Gasteiger partial charge in [0.1, 0.15) is 12.4 Å². The molecule has 1 N–H and O–H groups in total. The van der Waals surface area contributed by atoms with Crippen LogP contribution in [0.2, 0.25) is 0 Å². The van der Waals surface area contributed by atoms with Crippen molar-refractivity contribution in [3.63, 3.8) is 0 Å². The van der Waals surface area contributed by atoms with Crippen LogP contribution in [0.5, 0.6) is 5.75 Å². The Kier molecular flexibility index (Phi) is 6.12. The lowest BCUT2D eigenvalue weighted by Crippen LogP contribution is -2.30. The fraction of sp³-hybridized carbons (Fsp3) is 0.400. The van der Waals surface area contributed by atoms with Crippen LogP contribution in [0.4, 0.5) is 0 Å². The van der Waals surface area contributed by atoms with Gasteiger partial charge in [-0.1, -0.05) is 55.7 Å². The molecule has 23 heavy (non-hydrogen) atoms. The number of benzene rings is 2. The van der Waals surface area contributed by atoms with Gasteiger partial charge in [-0.2, -0.15) is 0 Å². The molecule has 1 aliphatic carbocycles. The third-order valence-corrected chi connectivity index (χ3v) is 5.09. The van der Waals surface area contributed by atoms with Crippen molar-refractivity contribution in [2.75, 3.05) is 0 Å². The summed E-state index contributed by atoms with van der Waals surface area (Å²) in [6.45, 7) is 1.51. The average molecular weight is 374 g/mol. The smallest absolute Gasteiger partial charge is 0.134 e. The van der Waals surface area contributed by atoms with Gasteiger partial charge in [-0.25, -0.2) is 0 Å². The maximum absolute atomic E-state index is 5.98. The Labute approximate surface area is 147 Å². The van der Waals surface area contributed by atoms with Crippen molar-refractivity contribution in [2.24, 2.45) is 0 Å². The predicted molar refractivity (Wildman–Crippen MR) is 98.6 cm³/mol. The molecule has 122 valence electrons. The summed E-state index contributed by atoms with van der Waals surface area (Å²) in [5.41, 5.74) is 2.46. The first kappa shape index (κ1) is 16.5. The molecule has 3 rings (SSSR count). The minimum absolute atomic E-state index is 0.596. The number of halogens is 1. The van der Waals surface area contributed by atoms with Gasteiger partial charge in [-0.3, -0.25) is 0 Å². The minimum atomic E-state index is 0.596. The number of hydrogen-bond donors (Lipinski definition) is 1. The molecule has 0 amide bonds. The molecule has 2 aromatic carbocycles. The summed E-state index contributed by atoms with van der Waals surface area (Å²) in [4.78, 5) is 0. The zero-order valence-corrected chi connectivity index (χ0v) is 15.0. The fourth-order valence-corrected chi connectivity index (χ4v) is 3.43. The third kappa shape index (κ3) is 5.08. The first-order chi connectivity index (χ1) is 11.3. The number of ether oxygens (including phenoxy) is 1. The van der Waals surface area contributed by atoms with Gasteiger partial charge >= 0.3 is 0 Å². The van der Waals surface area contributed by atoms with Gasteiger partial charge in [0, 0.05) is 12.6 Å². The van der Waals surface area contributed by atoms with Crippen LogP contribution in [0.25, 0.3) is 0 Å². The van der Waals surface area contributed by atoms with Gasteiger partial charge in [0.05, 0.1) is 4.47 Å². The summed E-state index contributed by atoms with van der Waals surface area (Å²) in [6.07, 6.45) is 6.75.